The van der Waals surface area contributed by atoms with Crippen molar-refractivity contribution in [3.63, 3.8) is 0 Å². The average Bonchev–Trinajstić information content (AvgIpc) is 3.54. The molecule has 10 aromatic carbocycles. The summed E-state index contributed by atoms with van der Waals surface area (Å²) < 4.78 is 0. The summed E-state index contributed by atoms with van der Waals surface area (Å²) in [5.41, 5.74) is 12.8. The SMILES string of the molecule is CC1(C)c2cc(-c3ccc4c(-c5ccccc5)c5ccccc5c(-c5ccccc5)c4c3)ccc2-c2ccc([Si](c3ccccc3)(c3ccccc3)c3ccccc3)cc21. The highest BCUT2D eigenvalue weighted by molar-refractivity contribution is 7.19. The summed E-state index contributed by atoms with van der Waals surface area (Å²) in [6.45, 7) is 4.85. The van der Waals surface area contributed by atoms with Gasteiger partial charge in [-0.25, -0.2) is 0 Å². The summed E-state index contributed by atoms with van der Waals surface area (Å²) in [5.74, 6) is 0. The van der Waals surface area contributed by atoms with Gasteiger partial charge in [-0.1, -0.05) is 232 Å². The highest BCUT2D eigenvalue weighted by Gasteiger charge is 2.44. The first-order valence-electron chi connectivity index (χ1n) is 21.1. The van der Waals surface area contributed by atoms with Crippen LogP contribution in [0.3, 0.4) is 0 Å². The van der Waals surface area contributed by atoms with Gasteiger partial charge in [-0.2, -0.15) is 0 Å². The van der Waals surface area contributed by atoms with Crippen LogP contribution >= 0.6 is 0 Å². The third-order valence-corrected chi connectivity index (χ3v) is 18.0. The van der Waals surface area contributed by atoms with Gasteiger partial charge in [0.25, 0.3) is 0 Å². The van der Waals surface area contributed by atoms with Crippen molar-refractivity contribution in [3.8, 4) is 44.5 Å². The topological polar surface area (TPSA) is 0 Å². The Labute approximate surface area is 354 Å². The molecule has 11 rings (SSSR count). The smallest absolute Gasteiger partial charge is 0.0623 e. The van der Waals surface area contributed by atoms with Gasteiger partial charge in [0, 0.05) is 5.41 Å². The largest absolute Gasteiger partial charge is 0.179 e. The van der Waals surface area contributed by atoms with E-state index in [4.69, 9.17) is 0 Å². The maximum absolute atomic E-state index is 2.68. The van der Waals surface area contributed by atoms with E-state index in [0.717, 1.165) is 0 Å². The van der Waals surface area contributed by atoms with Gasteiger partial charge in [0.2, 0.25) is 0 Å². The normalized spacial score (nSPS) is 13.0. The molecule has 284 valence electrons. The van der Waals surface area contributed by atoms with E-state index in [1.54, 1.807) is 0 Å². The second-order valence-corrected chi connectivity index (χ2v) is 20.6. The van der Waals surface area contributed by atoms with E-state index in [1.807, 2.05) is 0 Å². The molecular formula is C59H44Si. The first-order valence-corrected chi connectivity index (χ1v) is 23.1. The molecule has 10 aromatic rings. The molecule has 0 nitrogen and oxygen atoms in total. The lowest BCUT2D eigenvalue weighted by molar-refractivity contribution is 0.661. The maximum atomic E-state index is 2.58. The number of benzene rings is 10. The van der Waals surface area contributed by atoms with E-state index in [-0.39, 0.29) is 5.41 Å². The highest BCUT2D eigenvalue weighted by atomic mass is 28.3. The minimum atomic E-state index is -2.68. The quantitative estimate of drug-likeness (QED) is 0.0858. The van der Waals surface area contributed by atoms with E-state index in [0.29, 0.717) is 0 Å². The van der Waals surface area contributed by atoms with Crippen molar-refractivity contribution < 1.29 is 0 Å². The molecule has 0 saturated heterocycles. The second kappa shape index (κ2) is 14.3. The van der Waals surface area contributed by atoms with E-state index >= 15 is 0 Å². The fraction of sp³-hybridized carbons (Fsp3) is 0.0508. The van der Waals surface area contributed by atoms with Crippen LogP contribution in [-0.4, -0.2) is 8.07 Å². The van der Waals surface area contributed by atoms with Crippen LogP contribution in [0.2, 0.25) is 0 Å². The Hall–Kier alpha value is -7.06. The molecule has 0 aromatic heterocycles. The third-order valence-electron chi connectivity index (χ3n) is 13.2. The molecule has 0 aliphatic heterocycles. The minimum Gasteiger partial charge on any atom is -0.0623 e. The Kier molecular flexibility index (Phi) is 8.62. The van der Waals surface area contributed by atoms with Gasteiger partial charge >= 0.3 is 0 Å². The Morgan fingerprint density at radius 1 is 0.283 bits per heavy atom. The molecule has 0 spiro atoms. The van der Waals surface area contributed by atoms with Crippen LogP contribution < -0.4 is 20.7 Å². The molecular weight excluding hydrogens is 737 g/mol. The number of hydrogen-bond acceptors (Lipinski definition) is 0. The van der Waals surface area contributed by atoms with Crippen LogP contribution in [0.5, 0.6) is 0 Å². The summed E-state index contributed by atoms with van der Waals surface area (Å²) >= 11 is 0. The Bertz CT molecular complexity index is 3090. The zero-order valence-corrected chi connectivity index (χ0v) is 34.9. The fourth-order valence-corrected chi connectivity index (χ4v) is 15.2. The van der Waals surface area contributed by atoms with Gasteiger partial charge in [0.1, 0.15) is 0 Å². The molecule has 0 amide bonds. The average molecular weight is 781 g/mol. The van der Waals surface area contributed by atoms with Gasteiger partial charge in [-0.3, -0.25) is 0 Å². The predicted octanol–water partition coefficient (Wildman–Crippen LogP) is 12.7. The minimum absolute atomic E-state index is 0.205. The molecule has 60 heavy (non-hydrogen) atoms. The summed E-state index contributed by atoms with van der Waals surface area (Å²) in [6.07, 6.45) is 0. The van der Waals surface area contributed by atoms with Crippen LogP contribution in [-0.2, 0) is 5.41 Å². The van der Waals surface area contributed by atoms with Crippen molar-refractivity contribution in [2.75, 3.05) is 0 Å². The van der Waals surface area contributed by atoms with Crippen molar-refractivity contribution in [2.45, 2.75) is 19.3 Å². The van der Waals surface area contributed by atoms with Gasteiger partial charge in [0.15, 0.2) is 8.07 Å². The van der Waals surface area contributed by atoms with E-state index in [1.165, 1.54) is 97.9 Å². The fourth-order valence-electron chi connectivity index (χ4n) is 10.4. The monoisotopic (exact) mass is 780 g/mol. The van der Waals surface area contributed by atoms with Crippen molar-refractivity contribution in [1.82, 2.24) is 0 Å². The summed E-state index contributed by atoms with van der Waals surface area (Å²) in [5, 5.41) is 10.7. The number of hydrogen-bond donors (Lipinski definition) is 0. The second-order valence-electron chi connectivity index (χ2n) is 16.8. The van der Waals surface area contributed by atoms with Crippen LogP contribution in [0.4, 0.5) is 0 Å². The van der Waals surface area contributed by atoms with Gasteiger partial charge in [0.05, 0.1) is 0 Å². The van der Waals surface area contributed by atoms with E-state index in [2.05, 4.69) is 244 Å². The summed E-state index contributed by atoms with van der Waals surface area (Å²) in [7, 11) is -2.68. The Morgan fingerprint density at radius 3 is 1.18 bits per heavy atom. The molecule has 0 heterocycles. The molecule has 0 saturated carbocycles. The molecule has 0 bridgehead atoms. The summed E-state index contributed by atoms with van der Waals surface area (Å²) in [4.78, 5) is 0. The molecule has 0 fully saturated rings. The lowest BCUT2D eigenvalue weighted by atomic mass is 9.81. The molecule has 1 aliphatic carbocycles. The zero-order valence-electron chi connectivity index (χ0n) is 33.9. The summed E-state index contributed by atoms with van der Waals surface area (Å²) in [6, 6.07) is 86.3. The van der Waals surface area contributed by atoms with E-state index < -0.39 is 8.07 Å². The number of fused-ring (bicyclic) bond motifs is 5. The lowest BCUT2D eigenvalue weighted by Crippen LogP contribution is -2.74. The Morgan fingerprint density at radius 2 is 0.667 bits per heavy atom. The maximum Gasteiger partial charge on any atom is 0.179 e. The number of rotatable bonds is 7. The van der Waals surface area contributed by atoms with Crippen molar-refractivity contribution in [1.29, 1.82) is 0 Å². The van der Waals surface area contributed by atoms with Gasteiger partial charge < -0.3 is 0 Å². The van der Waals surface area contributed by atoms with Crippen LogP contribution in [0.1, 0.15) is 25.0 Å². The van der Waals surface area contributed by atoms with Crippen LogP contribution in [0, 0.1) is 0 Å². The Balaban J connectivity index is 1.09. The molecule has 0 atom stereocenters. The highest BCUT2D eigenvalue weighted by Crippen LogP contribution is 2.50. The third kappa shape index (κ3) is 5.58. The molecule has 0 N–H and O–H groups in total. The van der Waals surface area contributed by atoms with Crippen molar-refractivity contribution in [2.24, 2.45) is 0 Å². The standard InChI is InChI=1S/C59H44Si/c1-59(2)55-39-44(43-33-36-53-54(38-43)58(42-22-10-4-11-23-42)52-31-19-18-30-51(52)57(53)41-20-8-3-9-21-41)32-35-49(55)50-37-34-48(40-56(50)59)60(45-24-12-5-13-25-45,46-26-14-6-15-27-46)47-28-16-7-17-29-47/h3-40H,1-2H3. The van der Waals surface area contributed by atoms with Gasteiger partial charge in [-0.05, 0) is 110 Å². The lowest BCUT2D eigenvalue weighted by Gasteiger charge is -2.35. The first kappa shape index (κ1) is 36.0. The van der Waals surface area contributed by atoms with Crippen molar-refractivity contribution in [3.05, 3.63) is 242 Å². The molecule has 0 unspecified atom stereocenters. The van der Waals surface area contributed by atoms with E-state index in [9.17, 15) is 0 Å². The first-order chi connectivity index (χ1) is 29.5. The van der Waals surface area contributed by atoms with Gasteiger partial charge in [-0.15, -0.1) is 0 Å². The van der Waals surface area contributed by atoms with Crippen LogP contribution in [0.25, 0.3) is 66.1 Å². The molecule has 1 heteroatoms. The zero-order chi connectivity index (χ0) is 40.3. The predicted molar refractivity (Wildman–Crippen MR) is 259 cm³/mol. The molecule has 0 radical (unpaired) electrons. The molecule has 1 aliphatic rings. The van der Waals surface area contributed by atoms with Crippen molar-refractivity contribution >= 4 is 50.4 Å². The van der Waals surface area contributed by atoms with Crippen LogP contribution in [0.15, 0.2) is 231 Å².